The number of piperidine rings is 1. The quantitative estimate of drug-likeness (QED) is 0.103. The van der Waals surface area contributed by atoms with Crippen molar-refractivity contribution in [1.82, 2.24) is 4.90 Å². The molecular weight excluding hydrogens is 606 g/mol. The van der Waals surface area contributed by atoms with E-state index in [0.29, 0.717) is 0 Å². The molecule has 1 heterocycles. The van der Waals surface area contributed by atoms with Crippen molar-refractivity contribution in [2.24, 2.45) is 0 Å². The smallest absolute Gasteiger partial charge is 0.294 e. The molecule has 1 saturated heterocycles. The maximum absolute atomic E-state index is 13.4. The maximum atomic E-state index is 13.4. The van der Waals surface area contributed by atoms with Gasteiger partial charge in [0.15, 0.2) is 17.1 Å². The molecule has 0 bridgehead atoms. The Labute approximate surface area is 244 Å². The van der Waals surface area contributed by atoms with Gasteiger partial charge in [-0.2, -0.15) is 0 Å². The lowest BCUT2D eigenvalue weighted by Gasteiger charge is -2.67. The zero-order valence-electron chi connectivity index (χ0n) is 22.4. The average Bonchev–Trinajstić information content (AvgIpc) is 3.21. The van der Waals surface area contributed by atoms with E-state index in [4.69, 9.17) is 9.47 Å². The Kier molecular flexibility index (Phi) is 7.15. The third kappa shape index (κ3) is 3.48. The van der Waals surface area contributed by atoms with E-state index in [0.717, 1.165) is 38.5 Å². The molecule has 1 aliphatic carbocycles. The van der Waals surface area contributed by atoms with Crippen LogP contribution in [0.5, 0.6) is 23.0 Å². The Hall–Kier alpha value is -3.29. The summed E-state index contributed by atoms with van der Waals surface area (Å²) in [5.41, 5.74) is -13.0. The lowest BCUT2D eigenvalue weighted by atomic mass is 9.63. The number of phenolic OH excluding ortho intramolecular Hbond substituents is 2. The van der Waals surface area contributed by atoms with Crippen molar-refractivity contribution in [3.63, 3.8) is 0 Å². The number of carbonyl (C=O) groups excluding carboxylic acids is 1. The van der Waals surface area contributed by atoms with Gasteiger partial charge in [-0.1, -0.05) is 30.3 Å². The number of aliphatic hydroxyl groups is 14. The summed E-state index contributed by atoms with van der Waals surface area (Å²) in [6.07, 6.45) is -1.70. The Bertz CT molecular complexity index is 1470. The van der Waals surface area contributed by atoms with Crippen molar-refractivity contribution in [2.75, 3.05) is 14.2 Å². The standard InChI is InChI=1S/C24H29NO19/c1-43-14-12(26)10-8-17(29,16(28)11(10)13(27)15(14)44-2)20(33,34)19(32)21(35,36)23(39,40)25(24(41,42)22(19,37)38)18(30,31)9-6-4-3-5-7-9/h3-7,26-27,29-42H,8H2,1-2H3. The van der Waals surface area contributed by atoms with Crippen LogP contribution in [0.2, 0.25) is 0 Å². The molecule has 2 aromatic rings. The van der Waals surface area contributed by atoms with E-state index in [9.17, 15) is 86.5 Å². The van der Waals surface area contributed by atoms with Crippen molar-refractivity contribution in [1.29, 1.82) is 0 Å². The molecule has 244 valence electrons. The van der Waals surface area contributed by atoms with E-state index in [1.807, 2.05) is 0 Å². The molecule has 0 radical (unpaired) electrons. The summed E-state index contributed by atoms with van der Waals surface area (Å²) in [6.45, 7) is 0. The second-order valence-corrected chi connectivity index (χ2v) is 10.3. The van der Waals surface area contributed by atoms with Crippen LogP contribution in [-0.2, 0) is 12.3 Å². The molecule has 1 aliphatic heterocycles. The van der Waals surface area contributed by atoms with Crippen LogP contribution in [0.4, 0.5) is 0 Å². The van der Waals surface area contributed by atoms with Crippen LogP contribution >= 0.6 is 0 Å². The zero-order chi connectivity index (χ0) is 33.9. The second kappa shape index (κ2) is 9.37. The summed E-state index contributed by atoms with van der Waals surface area (Å²) in [4.78, 5) is 12.0. The number of ether oxygens (including phenoxy) is 2. The van der Waals surface area contributed by atoms with E-state index in [1.54, 1.807) is 0 Å². The largest absolute Gasteiger partial charge is 0.504 e. The van der Waals surface area contributed by atoms with Gasteiger partial charge in [0, 0.05) is 17.5 Å². The van der Waals surface area contributed by atoms with Gasteiger partial charge in [0.05, 0.1) is 19.8 Å². The molecule has 0 amide bonds. The average molecular weight is 635 g/mol. The second-order valence-electron chi connectivity index (χ2n) is 10.3. The molecule has 2 aliphatic rings. The molecule has 1 fully saturated rings. The summed E-state index contributed by atoms with van der Waals surface area (Å²) in [6, 6.07) is 4.88. The summed E-state index contributed by atoms with van der Waals surface area (Å²) in [7, 11) is 1.85. The topological polar surface area (TPSA) is 362 Å². The van der Waals surface area contributed by atoms with Gasteiger partial charge in [0.25, 0.3) is 29.3 Å². The number of methoxy groups -OCH3 is 2. The fourth-order valence-electron chi connectivity index (χ4n) is 5.62. The highest BCUT2D eigenvalue weighted by atomic mass is 16.7. The predicted molar refractivity (Wildman–Crippen MR) is 131 cm³/mol. The van der Waals surface area contributed by atoms with Gasteiger partial charge in [0.1, 0.15) is 0 Å². The summed E-state index contributed by atoms with van der Waals surface area (Å²) >= 11 is 0. The number of hydrogen-bond donors (Lipinski definition) is 16. The summed E-state index contributed by atoms with van der Waals surface area (Å²) in [5.74, 6) is -37.1. The highest BCUT2D eigenvalue weighted by Crippen LogP contribution is 2.61. The van der Waals surface area contributed by atoms with Crippen LogP contribution in [0, 0.1) is 0 Å². The lowest BCUT2D eigenvalue weighted by Crippen LogP contribution is -3.00. The number of aromatic hydroxyl groups is 2. The minimum Gasteiger partial charge on any atom is -0.504 e. The monoisotopic (exact) mass is 635 g/mol. The molecule has 0 spiro atoms. The lowest BCUT2D eigenvalue weighted by molar-refractivity contribution is -0.648. The van der Waals surface area contributed by atoms with E-state index in [-0.39, 0.29) is 0 Å². The first-order valence-electron chi connectivity index (χ1n) is 12.0. The molecule has 0 saturated carbocycles. The van der Waals surface area contributed by atoms with Crippen LogP contribution < -0.4 is 9.47 Å². The number of fused-ring (bicyclic) bond motifs is 1. The first-order chi connectivity index (χ1) is 19.8. The van der Waals surface area contributed by atoms with Crippen LogP contribution in [0.15, 0.2) is 30.3 Å². The van der Waals surface area contributed by atoms with Gasteiger partial charge in [-0.15, -0.1) is 4.90 Å². The molecular formula is C24H29NO19. The predicted octanol–water partition coefficient (Wildman–Crippen LogP) is -7.25. The number of ketones is 1. The number of nitrogens with zero attached hydrogens (tertiary/aromatic N) is 1. The number of Topliss-reactive ketones (excluding diaryl/α,β-unsaturated/α-hetero) is 1. The fourth-order valence-corrected chi connectivity index (χ4v) is 5.62. The van der Waals surface area contributed by atoms with Gasteiger partial charge >= 0.3 is 0 Å². The first-order valence-corrected chi connectivity index (χ1v) is 12.0. The maximum Gasteiger partial charge on any atom is 0.294 e. The number of likely N-dealkylation sites (tertiary alicyclic amines) is 1. The molecule has 20 nitrogen and oxygen atoms in total. The molecule has 4 rings (SSSR count). The Morgan fingerprint density at radius 1 is 0.727 bits per heavy atom. The van der Waals surface area contributed by atoms with E-state index in [2.05, 4.69) is 0 Å². The van der Waals surface area contributed by atoms with Gasteiger partial charge in [-0.25, -0.2) is 0 Å². The van der Waals surface area contributed by atoms with Crippen molar-refractivity contribution in [3.8, 4) is 23.0 Å². The Morgan fingerprint density at radius 2 is 1.16 bits per heavy atom. The molecule has 20 heteroatoms. The Morgan fingerprint density at radius 3 is 1.59 bits per heavy atom. The van der Waals surface area contributed by atoms with Crippen molar-refractivity contribution in [2.45, 2.75) is 52.7 Å². The highest BCUT2D eigenvalue weighted by Gasteiger charge is 2.94. The van der Waals surface area contributed by atoms with Crippen LogP contribution in [-0.4, -0.2) is 147 Å². The number of rotatable bonds is 6. The number of hydrogen-bond acceptors (Lipinski definition) is 20. The summed E-state index contributed by atoms with van der Waals surface area (Å²) in [5, 5.41) is 174. The minimum absolute atomic E-state index is 0.704. The molecule has 44 heavy (non-hydrogen) atoms. The van der Waals surface area contributed by atoms with Gasteiger partial charge in [-0.05, 0) is 0 Å². The van der Waals surface area contributed by atoms with Gasteiger partial charge in [0.2, 0.25) is 28.7 Å². The Balaban J connectivity index is 2.00. The molecule has 0 aromatic heterocycles. The van der Waals surface area contributed by atoms with Crippen molar-refractivity contribution < 1.29 is 96.0 Å². The third-order valence-corrected chi connectivity index (χ3v) is 8.03. The van der Waals surface area contributed by atoms with Crippen LogP contribution in [0.3, 0.4) is 0 Å². The van der Waals surface area contributed by atoms with Gasteiger partial charge in [-0.3, -0.25) is 4.79 Å². The zero-order valence-corrected chi connectivity index (χ0v) is 22.4. The van der Waals surface area contributed by atoms with Crippen LogP contribution in [0.25, 0.3) is 0 Å². The number of carbonyl (C=O) groups is 1. The fraction of sp³-hybridized carbons (Fsp3) is 0.458. The first kappa shape index (κ1) is 33.6. The van der Waals surface area contributed by atoms with Crippen molar-refractivity contribution >= 4 is 5.78 Å². The molecule has 16 N–H and O–H groups in total. The van der Waals surface area contributed by atoms with E-state index >= 15 is 0 Å². The third-order valence-electron chi connectivity index (χ3n) is 8.03. The summed E-state index contributed by atoms with van der Waals surface area (Å²) < 4.78 is 9.68. The van der Waals surface area contributed by atoms with E-state index < -0.39 is 103 Å². The van der Waals surface area contributed by atoms with Crippen LogP contribution in [0.1, 0.15) is 21.5 Å². The van der Waals surface area contributed by atoms with Crippen molar-refractivity contribution in [3.05, 3.63) is 47.0 Å². The molecule has 2 aromatic carbocycles. The van der Waals surface area contributed by atoms with Gasteiger partial charge < -0.3 is 91.2 Å². The van der Waals surface area contributed by atoms with E-state index in [1.165, 1.54) is 6.07 Å². The number of phenols is 2. The highest BCUT2D eigenvalue weighted by molar-refractivity contribution is 6.11. The normalized spacial score (nSPS) is 25.4. The SMILES string of the molecule is COc1c(O)c2c(c(O)c1OC)C(=O)C(O)(C(O)(O)C1(O)C(O)(O)C(O)(O)N(C(O)(O)c3ccccc3)C(O)(O)C1(O)O)C2. The molecule has 1 atom stereocenters. The molecule has 1 unspecified atom stereocenters. The minimum atomic E-state index is -5.60. The number of benzene rings is 2.